The number of rotatable bonds is 7. The number of aromatic nitrogens is 2. The van der Waals surface area contributed by atoms with Crippen LogP contribution in [0.3, 0.4) is 0 Å². The van der Waals surface area contributed by atoms with Gasteiger partial charge in [-0.1, -0.05) is 11.8 Å². The zero-order valence-corrected chi connectivity index (χ0v) is 14.1. The highest BCUT2D eigenvalue weighted by Crippen LogP contribution is 2.22. The Morgan fingerprint density at radius 1 is 1.56 bits per heavy atom. The summed E-state index contributed by atoms with van der Waals surface area (Å²) in [6, 6.07) is 5.33. The van der Waals surface area contributed by atoms with Gasteiger partial charge in [0.25, 0.3) is 0 Å². The molecule has 132 valence electrons. The van der Waals surface area contributed by atoms with Gasteiger partial charge in [-0.3, -0.25) is 10.7 Å². The summed E-state index contributed by atoms with van der Waals surface area (Å²) in [5.41, 5.74) is 2.01. The number of aliphatic imine (C=N–C) groups is 1. The molecule has 0 saturated carbocycles. The summed E-state index contributed by atoms with van der Waals surface area (Å²) >= 11 is -0.421. The van der Waals surface area contributed by atoms with Crippen molar-refractivity contribution in [1.29, 1.82) is 5.26 Å². The van der Waals surface area contributed by atoms with Gasteiger partial charge in [0.05, 0.1) is 11.3 Å². The third kappa shape index (κ3) is 5.31. The molecule has 1 aromatic carbocycles. The van der Waals surface area contributed by atoms with Crippen molar-refractivity contribution in [3.8, 4) is 6.07 Å². The molecule has 0 aliphatic heterocycles. The fraction of sp³-hybridized carbons (Fsp3) is 0.167. The summed E-state index contributed by atoms with van der Waals surface area (Å²) in [6.07, 6.45) is 0. The average molecular weight is 385 g/mol. The molecule has 1 unspecified atom stereocenters. The highest BCUT2D eigenvalue weighted by molar-refractivity contribution is 7.99. The second-order valence-electron chi connectivity index (χ2n) is 4.31. The number of hydrogen-bond acceptors (Lipinski definition) is 8. The third-order valence-electron chi connectivity index (χ3n) is 2.69. The SMILES string of the molecule is N#Cc1cc(N=C(NO)c2nonc2SCCNS(N)=O)ccc1F. The zero-order valence-electron chi connectivity index (χ0n) is 12.5. The summed E-state index contributed by atoms with van der Waals surface area (Å²) < 4.78 is 31.2. The second kappa shape index (κ2) is 9.20. The predicted octanol–water partition coefficient (Wildman–Crippen LogP) is 0.357. The minimum Gasteiger partial charge on any atom is -0.290 e. The van der Waals surface area contributed by atoms with Crippen LogP contribution in [0.1, 0.15) is 11.3 Å². The van der Waals surface area contributed by atoms with Crippen molar-refractivity contribution in [1.82, 2.24) is 20.5 Å². The third-order valence-corrected chi connectivity index (χ3v) is 4.12. The predicted molar refractivity (Wildman–Crippen MR) is 87.6 cm³/mol. The van der Waals surface area contributed by atoms with Crippen LogP contribution in [0.4, 0.5) is 10.1 Å². The normalized spacial score (nSPS) is 12.6. The van der Waals surface area contributed by atoms with Crippen LogP contribution in [0.15, 0.2) is 32.8 Å². The van der Waals surface area contributed by atoms with Gasteiger partial charge >= 0.3 is 0 Å². The summed E-state index contributed by atoms with van der Waals surface area (Å²) in [7, 11) is 0. The van der Waals surface area contributed by atoms with E-state index in [1.165, 1.54) is 23.9 Å². The average Bonchev–Trinajstić information content (AvgIpc) is 3.06. The van der Waals surface area contributed by atoms with Crippen LogP contribution in [0.2, 0.25) is 0 Å². The molecule has 0 radical (unpaired) electrons. The van der Waals surface area contributed by atoms with Crippen LogP contribution in [0, 0.1) is 17.1 Å². The lowest BCUT2D eigenvalue weighted by atomic mass is 10.2. The molecule has 2 rings (SSSR count). The fourth-order valence-corrected chi connectivity index (χ4v) is 2.82. The van der Waals surface area contributed by atoms with E-state index in [0.717, 1.165) is 6.07 Å². The summed E-state index contributed by atoms with van der Waals surface area (Å²) in [4.78, 5) is 4.06. The molecule has 5 N–H and O–H groups in total. The smallest absolute Gasteiger partial charge is 0.186 e. The summed E-state index contributed by atoms with van der Waals surface area (Å²) in [5, 5.41) is 30.9. The van der Waals surface area contributed by atoms with Gasteiger partial charge in [0.1, 0.15) is 11.9 Å². The highest BCUT2D eigenvalue weighted by atomic mass is 32.2. The largest absolute Gasteiger partial charge is 0.290 e. The molecule has 0 saturated heterocycles. The van der Waals surface area contributed by atoms with Gasteiger partial charge in [-0.05, 0) is 28.5 Å². The van der Waals surface area contributed by atoms with Crippen LogP contribution < -0.4 is 15.3 Å². The fourth-order valence-electron chi connectivity index (χ4n) is 1.64. The highest BCUT2D eigenvalue weighted by Gasteiger charge is 2.17. The van der Waals surface area contributed by atoms with Crippen molar-refractivity contribution in [2.45, 2.75) is 5.03 Å². The minimum absolute atomic E-state index is 0.102. The Morgan fingerprint density at radius 3 is 3.04 bits per heavy atom. The van der Waals surface area contributed by atoms with Gasteiger partial charge in [0, 0.05) is 12.3 Å². The molecule has 13 heteroatoms. The second-order valence-corrected chi connectivity index (χ2v) is 6.27. The van der Waals surface area contributed by atoms with Gasteiger partial charge in [0.2, 0.25) is 0 Å². The van der Waals surface area contributed by atoms with E-state index in [2.05, 4.69) is 24.7 Å². The standard InChI is InChI=1S/C12H12FN7O3S2/c13-9-2-1-8(5-7(9)6-14)17-11(18-21)10-12(20-23-19-10)24-4-3-16-25(15)22/h1-2,5,16,21H,3-4,15H2,(H,17,18). The summed E-state index contributed by atoms with van der Waals surface area (Å²) in [5.74, 6) is -0.337. The maximum atomic E-state index is 13.3. The molecule has 1 atom stereocenters. The molecular weight excluding hydrogens is 373 g/mol. The van der Waals surface area contributed by atoms with E-state index in [4.69, 9.17) is 10.4 Å². The minimum atomic E-state index is -1.62. The number of benzene rings is 1. The Bertz CT molecular complexity index is 836. The number of nitrogens with one attached hydrogen (secondary N) is 2. The number of halogens is 1. The van der Waals surface area contributed by atoms with Gasteiger partial charge in [0.15, 0.2) is 27.7 Å². The van der Waals surface area contributed by atoms with Crippen LogP contribution in [-0.2, 0) is 11.2 Å². The van der Waals surface area contributed by atoms with E-state index < -0.39 is 17.0 Å². The van der Waals surface area contributed by atoms with E-state index in [0.29, 0.717) is 17.3 Å². The number of nitrogens with zero attached hydrogens (tertiary/aromatic N) is 4. The van der Waals surface area contributed by atoms with E-state index in [-0.39, 0.29) is 22.8 Å². The molecular formula is C12H12FN7O3S2. The van der Waals surface area contributed by atoms with Crippen LogP contribution in [0.5, 0.6) is 0 Å². The molecule has 25 heavy (non-hydrogen) atoms. The van der Waals surface area contributed by atoms with E-state index >= 15 is 0 Å². The molecule has 0 spiro atoms. The van der Waals surface area contributed by atoms with E-state index in [1.807, 2.05) is 5.48 Å². The topological polar surface area (TPSA) is 162 Å². The van der Waals surface area contributed by atoms with Crippen LogP contribution in [-0.4, -0.2) is 37.9 Å². The lowest BCUT2D eigenvalue weighted by Crippen LogP contribution is -2.26. The van der Waals surface area contributed by atoms with Gasteiger partial charge in [-0.25, -0.2) is 28.1 Å². The number of hydroxylamine groups is 1. The molecule has 0 aliphatic rings. The molecule has 0 aliphatic carbocycles. The number of thioether (sulfide) groups is 1. The van der Waals surface area contributed by atoms with Crippen LogP contribution in [0.25, 0.3) is 0 Å². The molecule has 0 fully saturated rings. The van der Waals surface area contributed by atoms with Crippen molar-refractivity contribution in [3.63, 3.8) is 0 Å². The molecule has 1 heterocycles. The lowest BCUT2D eigenvalue weighted by Gasteiger charge is -2.04. The monoisotopic (exact) mass is 385 g/mol. The first-order valence-corrected chi connectivity index (χ1v) is 8.79. The maximum absolute atomic E-state index is 13.3. The Labute approximate surface area is 147 Å². The van der Waals surface area contributed by atoms with Gasteiger partial charge in [-0.15, -0.1) is 0 Å². The van der Waals surface area contributed by atoms with Crippen molar-refractivity contribution in [3.05, 3.63) is 35.3 Å². The molecule has 0 amide bonds. The number of amidine groups is 1. The van der Waals surface area contributed by atoms with Gasteiger partial charge < -0.3 is 0 Å². The first-order valence-electron chi connectivity index (χ1n) is 6.59. The molecule has 10 nitrogen and oxygen atoms in total. The zero-order chi connectivity index (χ0) is 18.2. The van der Waals surface area contributed by atoms with Crippen molar-refractivity contribution in [2.75, 3.05) is 12.3 Å². The Kier molecular flexibility index (Phi) is 6.98. The van der Waals surface area contributed by atoms with Crippen molar-refractivity contribution >= 4 is 34.5 Å². The molecule has 0 bridgehead atoms. The number of hydrogen-bond donors (Lipinski definition) is 4. The number of nitriles is 1. The first kappa shape index (κ1) is 19.0. The number of nitrogens with two attached hydrogens (primary N) is 1. The Balaban J connectivity index is 2.19. The van der Waals surface area contributed by atoms with Gasteiger partial charge in [-0.2, -0.15) is 5.26 Å². The summed E-state index contributed by atoms with van der Waals surface area (Å²) in [6.45, 7) is 0.336. The van der Waals surface area contributed by atoms with Crippen LogP contribution >= 0.6 is 11.8 Å². The Morgan fingerprint density at radius 2 is 2.36 bits per heavy atom. The molecule has 1 aromatic heterocycles. The maximum Gasteiger partial charge on any atom is 0.186 e. The first-order chi connectivity index (χ1) is 12.0. The Hall–Kier alpha value is -2.37. The quantitative estimate of drug-likeness (QED) is 0.174. The lowest BCUT2D eigenvalue weighted by molar-refractivity contribution is 0.234. The van der Waals surface area contributed by atoms with E-state index in [9.17, 15) is 13.8 Å². The molecule has 2 aromatic rings. The van der Waals surface area contributed by atoms with Crippen molar-refractivity contribution in [2.24, 2.45) is 10.1 Å². The van der Waals surface area contributed by atoms with E-state index in [1.54, 1.807) is 6.07 Å². The van der Waals surface area contributed by atoms with Crippen molar-refractivity contribution < 1.29 is 18.4 Å².